The molecule has 0 atom stereocenters. The minimum Gasteiger partial charge on any atom is -0.310 e. The van der Waals surface area contributed by atoms with Gasteiger partial charge >= 0.3 is 0 Å². The molecule has 0 spiro atoms. The number of para-hydroxylation sites is 6. The van der Waals surface area contributed by atoms with Gasteiger partial charge in [-0.3, -0.25) is 0 Å². The molecule has 4 nitrogen and oxygen atoms in total. The summed E-state index contributed by atoms with van der Waals surface area (Å²) in [5.41, 5.74) is 19.4. The van der Waals surface area contributed by atoms with E-state index in [0.717, 1.165) is 155 Å². The molecule has 0 unspecified atom stereocenters. The molecule has 0 fully saturated rings. The van der Waals surface area contributed by atoms with Gasteiger partial charge in [-0.1, -0.05) is 224 Å². The molecule has 20 aromatic rings. The first-order valence-electron chi connectivity index (χ1n) is 36.1. The zero-order valence-corrected chi connectivity index (χ0v) is 58.3. The minimum atomic E-state index is -0.308. The zero-order chi connectivity index (χ0) is 72.3. The lowest BCUT2D eigenvalue weighted by Crippen LogP contribution is -2.11. The molecular formula is C100H64F4N4. The number of aromatic nitrogens is 2. The van der Waals surface area contributed by atoms with Gasteiger partial charge in [0.25, 0.3) is 0 Å². The summed E-state index contributed by atoms with van der Waals surface area (Å²) in [7, 11) is 0. The van der Waals surface area contributed by atoms with Gasteiger partial charge in [-0.2, -0.15) is 0 Å². The summed E-state index contributed by atoms with van der Waals surface area (Å²) in [5.74, 6) is -1.21. The smallest absolute Gasteiger partial charge is 0.123 e. The summed E-state index contributed by atoms with van der Waals surface area (Å²) in [6.45, 7) is 0. The zero-order valence-electron chi connectivity index (χ0n) is 58.3. The minimum absolute atomic E-state index is 0.296. The van der Waals surface area contributed by atoms with Crippen LogP contribution in [0.15, 0.2) is 388 Å². The van der Waals surface area contributed by atoms with Gasteiger partial charge in [-0.15, -0.1) is 0 Å². The van der Waals surface area contributed by atoms with E-state index in [1.54, 1.807) is 48.5 Å². The van der Waals surface area contributed by atoms with Crippen molar-refractivity contribution in [3.8, 4) is 55.9 Å². The van der Waals surface area contributed by atoms with Crippen molar-refractivity contribution in [2.24, 2.45) is 0 Å². The van der Waals surface area contributed by atoms with Crippen LogP contribution in [-0.2, 0) is 0 Å². The molecular weight excluding hydrogens is 1330 g/mol. The Kier molecular flexibility index (Phi) is 16.3. The molecule has 0 amide bonds. The topological polar surface area (TPSA) is 16.3 Å². The predicted molar refractivity (Wildman–Crippen MR) is 443 cm³/mol. The van der Waals surface area contributed by atoms with Crippen LogP contribution in [0.3, 0.4) is 0 Å². The third kappa shape index (κ3) is 11.3. The molecule has 0 radical (unpaired) electrons. The highest BCUT2D eigenvalue weighted by molar-refractivity contribution is 6.26. The van der Waals surface area contributed by atoms with Gasteiger partial charge < -0.3 is 18.9 Å². The number of nitrogens with zero attached hydrogens (tertiary/aromatic N) is 4. The molecule has 0 saturated heterocycles. The van der Waals surface area contributed by atoms with Crippen LogP contribution in [0.1, 0.15) is 0 Å². The average molecular weight is 1400 g/mol. The molecule has 0 aliphatic rings. The molecule has 512 valence electrons. The van der Waals surface area contributed by atoms with Gasteiger partial charge in [0.2, 0.25) is 0 Å². The molecule has 0 aliphatic carbocycles. The van der Waals surface area contributed by atoms with E-state index < -0.39 is 0 Å². The number of fused-ring (bicyclic) bond motifs is 10. The van der Waals surface area contributed by atoms with Crippen LogP contribution in [0.2, 0.25) is 0 Å². The summed E-state index contributed by atoms with van der Waals surface area (Å²) >= 11 is 0. The Hall–Kier alpha value is -14.1. The lowest BCUT2D eigenvalue weighted by Gasteiger charge is -2.29. The monoisotopic (exact) mass is 1400 g/mol. The maximum absolute atomic E-state index is 15.1. The van der Waals surface area contributed by atoms with Gasteiger partial charge in [0.05, 0.1) is 27.8 Å². The van der Waals surface area contributed by atoms with Crippen LogP contribution in [0.25, 0.3) is 143 Å². The SMILES string of the molecule is Fc1cccc(-c2c3ccccc3c(-c3cccc(F)c3)c3c(N(c4ccccc4)c4ccc(-n5c6ccccc6c6ccccc65)cc4)cccc23)c1.Fc1cccc(-c2c3ccccc3c(-c3cccc(F)c3)c3cc(N(c4ccccc4)c4ccc(-n5c6ccccc6c6ccccc65)cc4)ccc23)c1. The van der Waals surface area contributed by atoms with Crippen LogP contribution in [0.4, 0.5) is 51.7 Å². The van der Waals surface area contributed by atoms with Crippen molar-refractivity contribution in [2.45, 2.75) is 0 Å². The van der Waals surface area contributed by atoms with Gasteiger partial charge in [-0.05, 0) is 246 Å². The molecule has 0 aliphatic heterocycles. The van der Waals surface area contributed by atoms with Crippen molar-refractivity contribution in [1.29, 1.82) is 0 Å². The first-order valence-corrected chi connectivity index (χ1v) is 36.1. The van der Waals surface area contributed by atoms with Gasteiger partial charge in [-0.25, -0.2) is 17.6 Å². The molecule has 108 heavy (non-hydrogen) atoms. The highest BCUT2D eigenvalue weighted by Crippen LogP contribution is 2.52. The quantitative estimate of drug-likeness (QED) is 0.0895. The first kappa shape index (κ1) is 64.7. The Balaban J connectivity index is 0.000000147. The Morgan fingerprint density at radius 3 is 0.880 bits per heavy atom. The Morgan fingerprint density at radius 2 is 0.472 bits per heavy atom. The van der Waals surface area contributed by atoms with Crippen molar-refractivity contribution in [1.82, 2.24) is 9.13 Å². The van der Waals surface area contributed by atoms with Crippen molar-refractivity contribution >= 4 is 121 Å². The van der Waals surface area contributed by atoms with E-state index in [1.165, 1.54) is 45.8 Å². The van der Waals surface area contributed by atoms with Gasteiger partial charge in [0.1, 0.15) is 23.3 Å². The summed E-state index contributed by atoms with van der Waals surface area (Å²) < 4.78 is 64.5. The fraction of sp³-hybridized carbons (Fsp3) is 0. The van der Waals surface area contributed by atoms with E-state index in [-0.39, 0.29) is 23.3 Å². The lowest BCUT2D eigenvalue weighted by atomic mass is 9.85. The summed E-state index contributed by atoms with van der Waals surface area (Å²) in [6.07, 6.45) is 0. The maximum Gasteiger partial charge on any atom is 0.123 e. The first-order chi connectivity index (χ1) is 53.3. The average Bonchev–Trinajstić information content (AvgIpc) is 1.18. The second-order valence-electron chi connectivity index (χ2n) is 27.2. The molecule has 2 aromatic heterocycles. The number of hydrogen-bond acceptors (Lipinski definition) is 2. The van der Waals surface area contributed by atoms with Crippen molar-refractivity contribution < 1.29 is 17.6 Å². The van der Waals surface area contributed by atoms with Crippen LogP contribution in [-0.4, -0.2) is 9.13 Å². The summed E-state index contributed by atoms with van der Waals surface area (Å²) in [6, 6.07) is 128. The van der Waals surface area contributed by atoms with E-state index in [0.29, 0.717) is 0 Å². The van der Waals surface area contributed by atoms with E-state index in [1.807, 2.05) is 84.9 Å². The Morgan fingerprint density at radius 1 is 0.185 bits per heavy atom. The van der Waals surface area contributed by atoms with E-state index >= 15 is 4.39 Å². The normalized spacial score (nSPS) is 11.5. The molecule has 18 aromatic carbocycles. The maximum atomic E-state index is 15.1. The third-order valence-electron chi connectivity index (χ3n) is 20.9. The summed E-state index contributed by atoms with van der Waals surface area (Å²) in [4.78, 5) is 4.52. The number of anilines is 6. The number of hydrogen-bond donors (Lipinski definition) is 0. The van der Waals surface area contributed by atoms with Crippen molar-refractivity contribution in [2.75, 3.05) is 9.80 Å². The second-order valence-corrected chi connectivity index (χ2v) is 27.2. The standard InChI is InChI=1S/2C50H32F2N2/c51-35-15-10-13-33(31-35)48-42-21-4-5-22-43(42)49(34-14-11-16-36(52)32-34)50-44(48)23-12-26-47(50)53(37-17-2-1-3-18-37)38-27-29-39(30-28-38)54-45-24-8-6-19-40(45)41-20-7-9-25-46(41)54;51-35-14-10-12-33(30-35)49-43-20-4-5-21-44(43)50(34-13-11-15-36(52)31-34)46-32-40(28-29-45(46)49)53(37-16-2-1-3-17-37)38-24-26-39(27-25-38)54-47-22-8-6-18-41(47)42-19-7-9-23-48(42)54/h2*1-32H. The molecule has 2 heterocycles. The van der Waals surface area contributed by atoms with Crippen LogP contribution in [0, 0.1) is 23.3 Å². The van der Waals surface area contributed by atoms with Crippen molar-refractivity contribution in [3.05, 3.63) is 412 Å². The van der Waals surface area contributed by atoms with E-state index in [2.05, 4.69) is 249 Å². The predicted octanol–water partition coefficient (Wildman–Crippen LogP) is 28.3. The summed E-state index contributed by atoms with van der Waals surface area (Å²) in [5, 5.41) is 12.5. The molecule has 8 heteroatoms. The molecule has 0 saturated carbocycles. The van der Waals surface area contributed by atoms with Crippen LogP contribution in [0.5, 0.6) is 0 Å². The fourth-order valence-electron chi connectivity index (χ4n) is 16.4. The lowest BCUT2D eigenvalue weighted by molar-refractivity contribution is 0.628. The Bertz CT molecular complexity index is 6690. The number of halogens is 4. The highest BCUT2D eigenvalue weighted by Gasteiger charge is 2.26. The highest BCUT2D eigenvalue weighted by atomic mass is 19.1. The number of benzene rings is 18. The van der Waals surface area contributed by atoms with E-state index in [9.17, 15) is 13.2 Å². The molecule has 0 bridgehead atoms. The third-order valence-corrected chi connectivity index (χ3v) is 20.9. The van der Waals surface area contributed by atoms with Gasteiger partial charge in [0, 0.05) is 66.7 Å². The van der Waals surface area contributed by atoms with Crippen molar-refractivity contribution in [3.63, 3.8) is 0 Å². The number of rotatable bonds is 12. The molecule has 20 rings (SSSR count). The second kappa shape index (κ2) is 27.2. The van der Waals surface area contributed by atoms with Crippen LogP contribution >= 0.6 is 0 Å². The fourth-order valence-corrected chi connectivity index (χ4v) is 16.4. The Labute approximate surface area is 621 Å². The largest absolute Gasteiger partial charge is 0.310 e. The van der Waals surface area contributed by atoms with Crippen LogP contribution < -0.4 is 9.80 Å². The van der Waals surface area contributed by atoms with E-state index in [4.69, 9.17) is 0 Å². The van der Waals surface area contributed by atoms with Gasteiger partial charge in [0.15, 0.2) is 0 Å². The molecule has 0 N–H and O–H groups in total.